The van der Waals surface area contributed by atoms with E-state index in [2.05, 4.69) is 4.98 Å². The molecule has 0 atom stereocenters. The number of nitrogens with zero attached hydrogens (tertiary/aromatic N) is 1. The van der Waals surface area contributed by atoms with Crippen molar-refractivity contribution in [3.63, 3.8) is 0 Å². The molecule has 0 radical (unpaired) electrons. The number of halogens is 5. The number of pyridine rings is 1. The molecule has 0 N–H and O–H groups in total. The molecule has 0 amide bonds. The van der Waals surface area contributed by atoms with Crippen molar-refractivity contribution < 1.29 is 8.78 Å². The van der Waals surface area contributed by atoms with Gasteiger partial charge in [0.1, 0.15) is 11.6 Å². The van der Waals surface area contributed by atoms with Gasteiger partial charge in [-0.3, -0.25) is 0 Å². The van der Waals surface area contributed by atoms with Crippen LogP contribution in [0.1, 0.15) is 0 Å². The lowest BCUT2D eigenvalue weighted by molar-refractivity contribution is 0.628. The first-order chi connectivity index (χ1) is 12.9. The van der Waals surface area contributed by atoms with Crippen molar-refractivity contribution in [2.24, 2.45) is 0 Å². The van der Waals surface area contributed by atoms with Gasteiger partial charge in [0.2, 0.25) is 0 Å². The van der Waals surface area contributed by atoms with Gasteiger partial charge in [-0.2, -0.15) is 0 Å². The minimum Gasteiger partial charge on any atom is -0.248 e. The van der Waals surface area contributed by atoms with E-state index in [-0.39, 0.29) is 15.9 Å². The number of hydrogen-bond acceptors (Lipinski definition) is 1. The number of fused-ring (bicyclic) bond motifs is 1. The molecule has 27 heavy (non-hydrogen) atoms. The predicted molar refractivity (Wildman–Crippen MR) is 108 cm³/mol. The Morgan fingerprint density at radius 2 is 1.44 bits per heavy atom. The van der Waals surface area contributed by atoms with Gasteiger partial charge in [0.05, 0.1) is 21.3 Å². The summed E-state index contributed by atoms with van der Waals surface area (Å²) in [6, 6.07) is 15.8. The van der Waals surface area contributed by atoms with E-state index in [0.717, 1.165) is 0 Å². The fourth-order valence-corrected chi connectivity index (χ4v) is 3.61. The highest BCUT2D eigenvalue weighted by Gasteiger charge is 2.16. The quantitative estimate of drug-likeness (QED) is 0.301. The lowest BCUT2D eigenvalue weighted by atomic mass is 9.98. The lowest BCUT2D eigenvalue weighted by Gasteiger charge is -2.12. The molecule has 0 aliphatic heterocycles. The standard InChI is InChI=1S/C21H10Cl3F2N/c22-11-5-6-20-14(7-11)13(12-3-1-2-4-18(12)25)9-21(27-20)15-8-19(26)17(24)10-16(15)23/h1-10H. The van der Waals surface area contributed by atoms with E-state index in [1.54, 1.807) is 42.5 Å². The third-order valence-electron chi connectivity index (χ3n) is 4.22. The molecule has 0 saturated heterocycles. The zero-order valence-corrected chi connectivity index (χ0v) is 15.9. The Balaban J connectivity index is 2.07. The maximum atomic E-state index is 14.5. The zero-order chi connectivity index (χ0) is 19.1. The van der Waals surface area contributed by atoms with E-state index in [0.29, 0.717) is 38.3 Å². The molecule has 134 valence electrons. The molecule has 0 aliphatic rings. The summed E-state index contributed by atoms with van der Waals surface area (Å²) in [6.45, 7) is 0. The first-order valence-corrected chi connectivity index (χ1v) is 9.07. The maximum Gasteiger partial charge on any atom is 0.142 e. The lowest BCUT2D eigenvalue weighted by Crippen LogP contribution is -1.93. The highest BCUT2D eigenvalue weighted by Crippen LogP contribution is 2.37. The number of rotatable bonds is 2. The monoisotopic (exact) mass is 419 g/mol. The van der Waals surface area contributed by atoms with Crippen molar-refractivity contribution >= 4 is 45.7 Å². The topological polar surface area (TPSA) is 12.9 Å². The van der Waals surface area contributed by atoms with Gasteiger partial charge in [-0.05, 0) is 48.0 Å². The van der Waals surface area contributed by atoms with Crippen LogP contribution in [0.2, 0.25) is 15.1 Å². The highest BCUT2D eigenvalue weighted by molar-refractivity contribution is 6.36. The van der Waals surface area contributed by atoms with Gasteiger partial charge in [0.25, 0.3) is 0 Å². The first-order valence-electron chi connectivity index (χ1n) is 7.94. The van der Waals surface area contributed by atoms with Gasteiger partial charge in [-0.25, -0.2) is 13.8 Å². The van der Waals surface area contributed by atoms with Gasteiger partial charge >= 0.3 is 0 Å². The van der Waals surface area contributed by atoms with Crippen molar-refractivity contribution in [2.75, 3.05) is 0 Å². The molecule has 6 heteroatoms. The van der Waals surface area contributed by atoms with Crippen LogP contribution in [-0.2, 0) is 0 Å². The van der Waals surface area contributed by atoms with E-state index in [1.807, 2.05) is 0 Å². The van der Waals surface area contributed by atoms with Crippen LogP contribution in [0.25, 0.3) is 33.3 Å². The molecule has 0 unspecified atom stereocenters. The SMILES string of the molecule is Fc1cc(-c2cc(-c3ccccc3F)c3cc(Cl)ccc3n2)c(Cl)cc1Cl. The molecule has 3 aromatic carbocycles. The molecule has 4 rings (SSSR count). The van der Waals surface area contributed by atoms with Gasteiger partial charge < -0.3 is 0 Å². The van der Waals surface area contributed by atoms with E-state index in [9.17, 15) is 8.78 Å². The van der Waals surface area contributed by atoms with E-state index >= 15 is 0 Å². The molecular weight excluding hydrogens is 411 g/mol. The Morgan fingerprint density at radius 3 is 2.22 bits per heavy atom. The smallest absolute Gasteiger partial charge is 0.142 e. The summed E-state index contributed by atoms with van der Waals surface area (Å²) in [4.78, 5) is 4.56. The van der Waals surface area contributed by atoms with Crippen LogP contribution in [0.3, 0.4) is 0 Å². The number of hydrogen-bond donors (Lipinski definition) is 0. The summed E-state index contributed by atoms with van der Waals surface area (Å²) in [7, 11) is 0. The predicted octanol–water partition coefficient (Wildman–Crippen LogP) is 7.81. The van der Waals surface area contributed by atoms with Crippen LogP contribution in [0, 0.1) is 11.6 Å². The van der Waals surface area contributed by atoms with Gasteiger partial charge in [0, 0.05) is 21.5 Å². The third-order valence-corrected chi connectivity index (χ3v) is 5.06. The van der Waals surface area contributed by atoms with Crippen LogP contribution in [-0.4, -0.2) is 4.98 Å². The molecule has 0 bridgehead atoms. The van der Waals surface area contributed by atoms with Gasteiger partial charge in [-0.15, -0.1) is 0 Å². The van der Waals surface area contributed by atoms with E-state index < -0.39 is 5.82 Å². The van der Waals surface area contributed by atoms with Crippen LogP contribution < -0.4 is 0 Å². The van der Waals surface area contributed by atoms with Crippen LogP contribution in [0.4, 0.5) is 8.78 Å². The molecule has 1 nitrogen and oxygen atoms in total. The third kappa shape index (κ3) is 3.39. The average Bonchev–Trinajstić information content (AvgIpc) is 2.64. The minimum atomic E-state index is -0.610. The normalized spacial score (nSPS) is 11.1. The Kier molecular flexibility index (Phi) is 4.77. The summed E-state index contributed by atoms with van der Waals surface area (Å²) in [5.41, 5.74) is 2.33. The molecule has 1 heterocycles. The average molecular weight is 421 g/mol. The minimum absolute atomic E-state index is 0.0781. The maximum absolute atomic E-state index is 14.5. The van der Waals surface area contributed by atoms with Crippen molar-refractivity contribution in [1.29, 1.82) is 0 Å². The van der Waals surface area contributed by atoms with Crippen LogP contribution in [0.5, 0.6) is 0 Å². The van der Waals surface area contributed by atoms with E-state index in [1.165, 1.54) is 18.2 Å². The van der Waals surface area contributed by atoms with Crippen LogP contribution >= 0.6 is 34.8 Å². The van der Waals surface area contributed by atoms with Gasteiger partial charge in [0.15, 0.2) is 0 Å². The van der Waals surface area contributed by atoms with E-state index in [4.69, 9.17) is 34.8 Å². The highest BCUT2D eigenvalue weighted by atomic mass is 35.5. The molecule has 0 saturated carbocycles. The second-order valence-corrected chi connectivity index (χ2v) is 7.19. The molecular formula is C21H10Cl3F2N. The summed E-state index contributed by atoms with van der Waals surface area (Å²) in [5.74, 6) is -0.995. The zero-order valence-electron chi connectivity index (χ0n) is 13.6. The number of aromatic nitrogens is 1. The second-order valence-electron chi connectivity index (χ2n) is 5.94. The van der Waals surface area contributed by atoms with Crippen molar-refractivity contribution in [2.45, 2.75) is 0 Å². The molecule has 0 aliphatic carbocycles. The summed E-state index contributed by atoms with van der Waals surface area (Å²) in [6.07, 6.45) is 0. The van der Waals surface area contributed by atoms with Crippen molar-refractivity contribution in [1.82, 2.24) is 4.98 Å². The van der Waals surface area contributed by atoms with Crippen molar-refractivity contribution in [3.8, 4) is 22.4 Å². The Morgan fingerprint density at radius 1 is 0.667 bits per heavy atom. The Hall–Kier alpha value is -2.20. The fraction of sp³-hybridized carbons (Fsp3) is 0. The Bertz CT molecular complexity index is 1190. The van der Waals surface area contributed by atoms with Gasteiger partial charge in [-0.1, -0.05) is 53.0 Å². The summed E-state index contributed by atoms with van der Waals surface area (Å²) < 4.78 is 28.5. The summed E-state index contributed by atoms with van der Waals surface area (Å²) >= 11 is 18.2. The molecule has 0 spiro atoms. The summed E-state index contributed by atoms with van der Waals surface area (Å²) in [5, 5.41) is 1.36. The largest absolute Gasteiger partial charge is 0.248 e. The first kappa shape index (κ1) is 18.2. The molecule has 4 aromatic rings. The van der Waals surface area contributed by atoms with Crippen molar-refractivity contribution in [3.05, 3.63) is 87.4 Å². The fourth-order valence-electron chi connectivity index (χ4n) is 2.96. The number of benzene rings is 3. The molecule has 1 aromatic heterocycles. The molecule has 0 fully saturated rings. The second kappa shape index (κ2) is 7.08. The Labute approximate surface area is 169 Å². The van der Waals surface area contributed by atoms with Crippen LogP contribution in [0.15, 0.2) is 60.7 Å².